The van der Waals surface area contributed by atoms with E-state index < -0.39 is 18.0 Å². The van der Waals surface area contributed by atoms with Crippen LogP contribution in [0.5, 0.6) is 11.5 Å². The Morgan fingerprint density at radius 2 is 1.70 bits per heavy atom. The van der Waals surface area contributed by atoms with E-state index in [0.29, 0.717) is 40.9 Å². The van der Waals surface area contributed by atoms with Gasteiger partial charge in [0.15, 0.2) is 10.9 Å². The minimum absolute atomic E-state index is 0.255. The monoisotopic (exact) mass is 674 g/mol. The van der Waals surface area contributed by atoms with Gasteiger partial charge < -0.3 is 25.5 Å². The van der Waals surface area contributed by atoms with Crippen molar-refractivity contribution < 1.29 is 31.4 Å². The second-order valence-corrected chi connectivity index (χ2v) is 10.7. The number of thiocarbonyl (C=S) groups is 1. The second kappa shape index (κ2) is 15.0. The van der Waals surface area contributed by atoms with Gasteiger partial charge in [0.05, 0.1) is 19.0 Å². The van der Waals surface area contributed by atoms with Crippen LogP contribution in [0.3, 0.4) is 0 Å². The fraction of sp³-hybridized carbons (Fsp3) is 0.258. The smallest absolute Gasteiger partial charge is 0.497 e. The summed E-state index contributed by atoms with van der Waals surface area (Å²) in [4.78, 5) is 4.51. The number of rotatable bonds is 13. The number of ether oxygens (including phenoxy) is 2. The van der Waals surface area contributed by atoms with Crippen LogP contribution in [0, 0.1) is 5.41 Å². The first-order chi connectivity index (χ1) is 22.3. The Kier molecular flexibility index (Phi) is 11.1. The van der Waals surface area contributed by atoms with Crippen molar-refractivity contribution in [3.8, 4) is 28.6 Å². The Bertz CT molecular complexity index is 1710. The summed E-state index contributed by atoms with van der Waals surface area (Å²) in [6.45, 7) is 4.49. The van der Waals surface area contributed by atoms with Crippen LogP contribution in [0.4, 0.5) is 33.6 Å². The maximum atomic E-state index is 13.3. The van der Waals surface area contributed by atoms with Crippen molar-refractivity contribution in [1.29, 1.82) is 5.41 Å². The number of hydrogen-bond donors (Lipinski definition) is 4. The molecule has 4 N–H and O–H groups in total. The molecule has 0 saturated carbocycles. The lowest BCUT2D eigenvalue weighted by molar-refractivity contribution is -0.360. The quantitative estimate of drug-likeness (QED) is 0.0382. The van der Waals surface area contributed by atoms with Gasteiger partial charge in [-0.25, -0.2) is 0 Å². The molecule has 10 nitrogen and oxygen atoms in total. The van der Waals surface area contributed by atoms with E-state index in [9.17, 15) is 22.0 Å². The Balaban J connectivity index is 1.46. The average Bonchev–Trinajstić information content (AvgIpc) is 3.45. The third-order valence-corrected chi connectivity index (χ3v) is 6.71. The molecule has 4 aromatic rings. The molecule has 0 aliphatic carbocycles. The first kappa shape index (κ1) is 34.7. The fourth-order valence-corrected chi connectivity index (χ4v) is 4.32. The van der Waals surface area contributed by atoms with Crippen LogP contribution in [-0.2, 0) is 0 Å². The lowest BCUT2D eigenvalue weighted by atomic mass is 10.0. The van der Waals surface area contributed by atoms with E-state index in [4.69, 9.17) is 22.4 Å². The van der Waals surface area contributed by atoms with Crippen LogP contribution >= 0.6 is 12.2 Å². The molecule has 0 atom stereocenters. The van der Waals surface area contributed by atoms with Crippen molar-refractivity contribution in [2.45, 2.75) is 38.5 Å². The van der Waals surface area contributed by atoms with E-state index in [1.165, 1.54) is 23.0 Å². The first-order valence-corrected chi connectivity index (χ1v) is 14.5. The van der Waals surface area contributed by atoms with Gasteiger partial charge in [-0.05, 0) is 72.2 Å². The molecular weight excluding hydrogens is 643 g/mol. The molecule has 0 spiro atoms. The van der Waals surface area contributed by atoms with Gasteiger partial charge in [0.25, 0.3) is 0 Å². The molecule has 0 bridgehead atoms. The zero-order valence-electron chi connectivity index (χ0n) is 25.4. The summed E-state index contributed by atoms with van der Waals surface area (Å²) < 4.78 is 74.8. The third kappa shape index (κ3) is 9.00. The standard InChI is InChI=1S/C31H31F5N8O2S/c1-19(2)25-14-13-24(45-3)17-26(25)40-29(47)42-39-18-20-5-7-21(8-6-20)27-41-28(38-16-4-15-37)44(43-27)22-9-11-23(12-10-22)46-31(35,36)30(32,33)34/h5-15,17-19,37H,4,16H2,1-3H3,(H,38,41,43)(H2,40,42,47)/b37-15?,39-18+. The second-order valence-electron chi connectivity index (χ2n) is 10.3. The molecular formula is C31H31F5N8O2S. The molecule has 0 saturated heterocycles. The maximum absolute atomic E-state index is 13.3. The number of benzene rings is 3. The first-order valence-electron chi connectivity index (χ1n) is 14.1. The molecule has 47 heavy (non-hydrogen) atoms. The summed E-state index contributed by atoms with van der Waals surface area (Å²) in [5, 5.41) is 22.4. The van der Waals surface area contributed by atoms with Crippen LogP contribution in [0.1, 0.15) is 37.3 Å². The van der Waals surface area contributed by atoms with Crippen molar-refractivity contribution in [1.82, 2.24) is 20.2 Å². The Morgan fingerprint density at radius 3 is 2.32 bits per heavy atom. The van der Waals surface area contributed by atoms with E-state index in [-0.39, 0.29) is 11.9 Å². The number of methoxy groups -OCH3 is 1. The molecule has 4 rings (SSSR count). The van der Waals surface area contributed by atoms with Crippen LogP contribution in [0.2, 0.25) is 0 Å². The largest absolute Gasteiger partial charge is 0.499 e. The number of aromatic nitrogens is 3. The molecule has 0 aliphatic rings. The van der Waals surface area contributed by atoms with Crippen molar-refractivity contribution in [2.75, 3.05) is 24.3 Å². The number of hydrazone groups is 1. The average molecular weight is 675 g/mol. The van der Waals surface area contributed by atoms with Crippen molar-refractivity contribution in [2.24, 2.45) is 5.10 Å². The molecule has 0 fully saturated rings. The Hall–Kier alpha value is -5.12. The predicted octanol–water partition coefficient (Wildman–Crippen LogP) is 7.37. The minimum atomic E-state index is -5.87. The lowest BCUT2D eigenvalue weighted by Crippen LogP contribution is -2.41. The van der Waals surface area contributed by atoms with Gasteiger partial charge in [0, 0.05) is 23.9 Å². The van der Waals surface area contributed by atoms with E-state index in [2.05, 4.69) is 49.8 Å². The van der Waals surface area contributed by atoms with Crippen molar-refractivity contribution >= 4 is 41.4 Å². The third-order valence-electron chi connectivity index (χ3n) is 6.52. The number of nitrogens with zero attached hydrogens (tertiary/aromatic N) is 4. The van der Waals surface area contributed by atoms with E-state index in [0.717, 1.165) is 28.9 Å². The summed E-state index contributed by atoms with van der Waals surface area (Å²) in [6.07, 6.45) is -8.04. The van der Waals surface area contributed by atoms with Crippen LogP contribution < -0.4 is 25.5 Å². The highest BCUT2D eigenvalue weighted by molar-refractivity contribution is 7.80. The zero-order chi connectivity index (χ0) is 34.2. The Morgan fingerprint density at radius 1 is 1.02 bits per heavy atom. The topological polar surface area (TPSA) is 121 Å². The van der Waals surface area contributed by atoms with Gasteiger partial charge >= 0.3 is 12.3 Å². The summed E-state index contributed by atoms with van der Waals surface area (Å²) in [5.74, 6) is 0.835. The summed E-state index contributed by atoms with van der Waals surface area (Å²) in [7, 11) is 1.59. The van der Waals surface area contributed by atoms with Gasteiger partial charge in [-0.1, -0.05) is 44.2 Å². The van der Waals surface area contributed by atoms with E-state index in [1.54, 1.807) is 37.6 Å². The minimum Gasteiger partial charge on any atom is -0.497 e. The van der Waals surface area contributed by atoms with Gasteiger partial charge in [0.2, 0.25) is 5.95 Å². The normalized spacial score (nSPS) is 11.9. The molecule has 0 amide bonds. The number of alkyl halides is 5. The number of anilines is 2. The Labute approximate surface area is 272 Å². The lowest BCUT2D eigenvalue weighted by Gasteiger charge is -2.20. The molecule has 0 aliphatic heterocycles. The molecule has 1 heterocycles. The molecule has 3 aromatic carbocycles. The molecule has 248 valence electrons. The molecule has 0 radical (unpaired) electrons. The van der Waals surface area contributed by atoms with E-state index >= 15 is 0 Å². The highest BCUT2D eigenvalue weighted by atomic mass is 32.1. The molecule has 1 aromatic heterocycles. The van der Waals surface area contributed by atoms with Crippen molar-refractivity contribution in [3.63, 3.8) is 0 Å². The summed E-state index contributed by atoms with van der Waals surface area (Å²) in [6, 6.07) is 17.3. The summed E-state index contributed by atoms with van der Waals surface area (Å²) >= 11 is 5.40. The summed E-state index contributed by atoms with van der Waals surface area (Å²) in [5.41, 5.74) is 6.36. The number of hydrogen-bond acceptors (Lipinski definition) is 8. The van der Waals surface area contributed by atoms with Gasteiger partial charge in [0.1, 0.15) is 11.5 Å². The fourth-order valence-electron chi connectivity index (χ4n) is 4.15. The van der Waals surface area contributed by atoms with Gasteiger partial charge in [-0.15, -0.1) is 5.10 Å². The highest BCUT2D eigenvalue weighted by Crippen LogP contribution is 2.37. The van der Waals surface area contributed by atoms with Crippen LogP contribution in [-0.4, -0.2) is 58.2 Å². The maximum Gasteiger partial charge on any atom is 0.499 e. The zero-order valence-corrected chi connectivity index (χ0v) is 26.2. The number of nitrogens with one attached hydrogen (secondary N) is 4. The van der Waals surface area contributed by atoms with Gasteiger partial charge in [-0.2, -0.15) is 36.7 Å². The van der Waals surface area contributed by atoms with Gasteiger partial charge in [-0.3, -0.25) is 5.43 Å². The van der Waals surface area contributed by atoms with Crippen molar-refractivity contribution in [3.05, 3.63) is 77.9 Å². The van der Waals surface area contributed by atoms with Crippen LogP contribution in [0.15, 0.2) is 71.8 Å². The molecule has 0 unspecified atom stereocenters. The van der Waals surface area contributed by atoms with E-state index in [1.807, 2.05) is 18.2 Å². The highest BCUT2D eigenvalue weighted by Gasteiger charge is 2.61. The number of halogens is 5. The van der Waals surface area contributed by atoms with Crippen LogP contribution in [0.25, 0.3) is 17.1 Å². The predicted molar refractivity (Wildman–Crippen MR) is 174 cm³/mol. The molecule has 16 heteroatoms. The SMILES string of the molecule is COc1ccc(C(C)C)c(NC(=S)N/N=C/c2ccc(-c3nc(NCCC=N)n(-c4ccc(OC(F)(F)C(F)(F)F)cc4)n3)cc2)c1.